The number of aryl methyl sites for hydroxylation is 1. The first-order valence-electron chi connectivity index (χ1n) is 5.31. The largest absolute Gasteiger partial charge is 0.303 e. The summed E-state index contributed by atoms with van der Waals surface area (Å²) in [5, 5.41) is 0. The second-order valence-corrected chi connectivity index (χ2v) is 3.75. The van der Waals surface area contributed by atoms with Gasteiger partial charge in [0, 0.05) is 6.42 Å². The normalized spacial score (nSPS) is 12.4. The lowest BCUT2D eigenvalue weighted by atomic mass is 9.92. The maximum absolute atomic E-state index is 10.5. The van der Waals surface area contributed by atoms with Gasteiger partial charge in [-0.05, 0) is 23.5 Å². The van der Waals surface area contributed by atoms with Gasteiger partial charge in [0.2, 0.25) is 0 Å². The van der Waals surface area contributed by atoms with Crippen LogP contribution >= 0.6 is 0 Å². The molecule has 0 aliphatic carbocycles. The summed E-state index contributed by atoms with van der Waals surface area (Å²) in [5.41, 5.74) is 2.73. The lowest BCUT2D eigenvalue weighted by molar-refractivity contribution is -0.108. The number of hydrogen-bond acceptors (Lipinski definition) is 1. The van der Waals surface area contributed by atoms with E-state index in [2.05, 4.69) is 38.1 Å². The van der Waals surface area contributed by atoms with Gasteiger partial charge in [0.25, 0.3) is 0 Å². The highest BCUT2D eigenvalue weighted by molar-refractivity contribution is 5.52. The van der Waals surface area contributed by atoms with Gasteiger partial charge >= 0.3 is 0 Å². The van der Waals surface area contributed by atoms with Gasteiger partial charge in [-0.25, -0.2) is 0 Å². The Kier molecular flexibility index (Phi) is 4.37. The van der Waals surface area contributed by atoms with Gasteiger partial charge in [0.15, 0.2) is 0 Å². The topological polar surface area (TPSA) is 17.1 Å². The summed E-state index contributed by atoms with van der Waals surface area (Å²) < 4.78 is 0. The van der Waals surface area contributed by atoms with Crippen molar-refractivity contribution in [1.29, 1.82) is 0 Å². The van der Waals surface area contributed by atoms with Crippen LogP contribution in [0.5, 0.6) is 0 Å². The third-order valence-corrected chi connectivity index (χ3v) is 2.56. The minimum atomic E-state index is 0.357. The summed E-state index contributed by atoms with van der Waals surface area (Å²) in [4.78, 5) is 10.5. The number of carbonyl (C=O) groups is 1. The van der Waals surface area contributed by atoms with Gasteiger partial charge in [0.05, 0.1) is 0 Å². The Morgan fingerprint density at radius 1 is 1.36 bits per heavy atom. The first kappa shape index (κ1) is 11.0. The molecule has 0 aliphatic rings. The number of rotatable bonds is 5. The van der Waals surface area contributed by atoms with E-state index in [4.69, 9.17) is 0 Å². The van der Waals surface area contributed by atoms with E-state index in [9.17, 15) is 4.79 Å². The zero-order chi connectivity index (χ0) is 10.4. The van der Waals surface area contributed by atoms with E-state index < -0.39 is 0 Å². The van der Waals surface area contributed by atoms with Gasteiger partial charge in [0.1, 0.15) is 6.29 Å². The standard InChI is InChI=1S/C13H18O/c1-3-6-12-7-4-5-8-13(12)11(2)9-10-14/h4-5,7-8,10-11H,3,6,9H2,1-2H3. The van der Waals surface area contributed by atoms with Crippen LogP contribution in [0, 0.1) is 0 Å². The third-order valence-electron chi connectivity index (χ3n) is 2.56. The van der Waals surface area contributed by atoms with E-state index in [1.165, 1.54) is 11.1 Å². The van der Waals surface area contributed by atoms with Gasteiger partial charge in [-0.3, -0.25) is 0 Å². The van der Waals surface area contributed by atoms with Crippen molar-refractivity contribution in [2.75, 3.05) is 0 Å². The van der Waals surface area contributed by atoms with Crippen LogP contribution in [0.1, 0.15) is 43.7 Å². The smallest absolute Gasteiger partial charge is 0.120 e. The maximum atomic E-state index is 10.5. The van der Waals surface area contributed by atoms with E-state index in [1.807, 2.05) is 0 Å². The van der Waals surface area contributed by atoms with Crippen molar-refractivity contribution in [3.63, 3.8) is 0 Å². The van der Waals surface area contributed by atoms with Crippen molar-refractivity contribution in [2.24, 2.45) is 0 Å². The molecule has 1 atom stereocenters. The lowest BCUT2D eigenvalue weighted by Crippen LogP contribution is -1.99. The Labute approximate surface area is 86.1 Å². The first-order valence-corrected chi connectivity index (χ1v) is 5.31. The molecule has 0 aliphatic heterocycles. The Bertz CT molecular complexity index is 291. The predicted molar refractivity (Wildman–Crippen MR) is 59.5 cm³/mol. The molecule has 0 radical (unpaired) electrons. The first-order chi connectivity index (χ1) is 6.79. The van der Waals surface area contributed by atoms with Crippen molar-refractivity contribution in [3.05, 3.63) is 35.4 Å². The molecule has 0 heterocycles. The summed E-state index contributed by atoms with van der Waals surface area (Å²) in [6.07, 6.45) is 3.90. The lowest BCUT2D eigenvalue weighted by Gasteiger charge is -2.13. The summed E-state index contributed by atoms with van der Waals surface area (Å²) in [5.74, 6) is 0.357. The summed E-state index contributed by atoms with van der Waals surface area (Å²) in [7, 11) is 0. The van der Waals surface area contributed by atoms with Crippen LogP contribution in [0.15, 0.2) is 24.3 Å². The minimum absolute atomic E-state index is 0.357. The van der Waals surface area contributed by atoms with E-state index in [0.29, 0.717) is 12.3 Å². The SMILES string of the molecule is CCCc1ccccc1C(C)CC=O. The van der Waals surface area contributed by atoms with Crippen LogP contribution in [-0.4, -0.2) is 6.29 Å². The van der Waals surface area contributed by atoms with Crippen LogP contribution in [0.3, 0.4) is 0 Å². The number of benzene rings is 1. The summed E-state index contributed by atoms with van der Waals surface area (Å²) in [6, 6.07) is 8.43. The fraction of sp³-hybridized carbons (Fsp3) is 0.462. The van der Waals surface area contributed by atoms with Crippen molar-refractivity contribution in [1.82, 2.24) is 0 Å². The molecule has 76 valence electrons. The molecule has 0 saturated heterocycles. The molecule has 1 aromatic rings. The van der Waals surface area contributed by atoms with Gasteiger partial charge < -0.3 is 4.79 Å². The van der Waals surface area contributed by atoms with Crippen LogP contribution in [0.4, 0.5) is 0 Å². The van der Waals surface area contributed by atoms with E-state index in [-0.39, 0.29) is 0 Å². The number of aldehydes is 1. The third kappa shape index (κ3) is 2.69. The number of hydrogen-bond donors (Lipinski definition) is 0. The average molecular weight is 190 g/mol. The quantitative estimate of drug-likeness (QED) is 0.651. The van der Waals surface area contributed by atoms with E-state index in [0.717, 1.165) is 19.1 Å². The molecular weight excluding hydrogens is 172 g/mol. The molecule has 1 rings (SSSR count). The zero-order valence-corrected chi connectivity index (χ0v) is 8.99. The Morgan fingerprint density at radius 3 is 2.71 bits per heavy atom. The van der Waals surface area contributed by atoms with Crippen molar-refractivity contribution in [2.45, 2.75) is 39.0 Å². The van der Waals surface area contributed by atoms with Crippen molar-refractivity contribution < 1.29 is 4.79 Å². The molecule has 0 N–H and O–H groups in total. The monoisotopic (exact) mass is 190 g/mol. The van der Waals surface area contributed by atoms with Gasteiger partial charge in [-0.15, -0.1) is 0 Å². The Hall–Kier alpha value is -1.11. The van der Waals surface area contributed by atoms with Crippen molar-refractivity contribution >= 4 is 6.29 Å². The molecule has 0 bridgehead atoms. The molecule has 1 unspecified atom stereocenters. The fourth-order valence-corrected chi connectivity index (χ4v) is 1.78. The molecule has 0 aromatic heterocycles. The fourth-order valence-electron chi connectivity index (χ4n) is 1.78. The minimum Gasteiger partial charge on any atom is -0.303 e. The molecule has 1 nitrogen and oxygen atoms in total. The molecular formula is C13H18O. The second kappa shape index (κ2) is 5.58. The molecule has 0 fully saturated rings. The average Bonchev–Trinajstić information content (AvgIpc) is 2.19. The maximum Gasteiger partial charge on any atom is 0.120 e. The van der Waals surface area contributed by atoms with Crippen molar-refractivity contribution in [3.8, 4) is 0 Å². The second-order valence-electron chi connectivity index (χ2n) is 3.75. The Morgan fingerprint density at radius 2 is 2.07 bits per heavy atom. The highest BCUT2D eigenvalue weighted by Gasteiger charge is 2.08. The molecule has 0 saturated carbocycles. The van der Waals surface area contributed by atoms with Gasteiger partial charge in [-0.2, -0.15) is 0 Å². The van der Waals surface area contributed by atoms with E-state index >= 15 is 0 Å². The number of carbonyl (C=O) groups excluding carboxylic acids is 1. The molecule has 1 aromatic carbocycles. The molecule has 14 heavy (non-hydrogen) atoms. The van der Waals surface area contributed by atoms with Crippen LogP contribution < -0.4 is 0 Å². The molecule has 0 spiro atoms. The summed E-state index contributed by atoms with van der Waals surface area (Å²) in [6.45, 7) is 4.30. The highest BCUT2D eigenvalue weighted by atomic mass is 16.1. The summed E-state index contributed by atoms with van der Waals surface area (Å²) >= 11 is 0. The highest BCUT2D eigenvalue weighted by Crippen LogP contribution is 2.22. The Balaban J connectivity index is 2.87. The van der Waals surface area contributed by atoms with Crippen LogP contribution in [-0.2, 0) is 11.2 Å². The predicted octanol–water partition coefficient (Wildman–Crippen LogP) is 3.33. The molecule has 1 heteroatoms. The van der Waals surface area contributed by atoms with Crippen LogP contribution in [0.2, 0.25) is 0 Å². The zero-order valence-electron chi connectivity index (χ0n) is 8.99. The van der Waals surface area contributed by atoms with Crippen LogP contribution in [0.25, 0.3) is 0 Å². The van der Waals surface area contributed by atoms with E-state index in [1.54, 1.807) is 0 Å². The molecule has 0 amide bonds. The van der Waals surface area contributed by atoms with Gasteiger partial charge in [-0.1, -0.05) is 44.5 Å².